The van der Waals surface area contributed by atoms with Gasteiger partial charge in [-0.1, -0.05) is 0 Å². The van der Waals surface area contributed by atoms with Crippen molar-refractivity contribution in [3.05, 3.63) is 18.0 Å². The SMILES string of the molecule is C[C@@H](N[S+]([O-])C(C)(C)C)c1ccn(C)n1. The van der Waals surface area contributed by atoms with E-state index in [0.29, 0.717) is 0 Å². The summed E-state index contributed by atoms with van der Waals surface area (Å²) < 4.78 is 16.4. The van der Waals surface area contributed by atoms with Crippen molar-refractivity contribution >= 4 is 11.4 Å². The Balaban J connectivity index is 2.60. The van der Waals surface area contributed by atoms with Gasteiger partial charge >= 0.3 is 0 Å². The third-order valence-electron chi connectivity index (χ3n) is 2.02. The lowest BCUT2D eigenvalue weighted by Crippen LogP contribution is -2.40. The summed E-state index contributed by atoms with van der Waals surface area (Å²) in [5.74, 6) is 0. The van der Waals surface area contributed by atoms with E-state index in [1.54, 1.807) is 4.68 Å². The van der Waals surface area contributed by atoms with Crippen molar-refractivity contribution in [3.63, 3.8) is 0 Å². The molecule has 0 bridgehead atoms. The molecule has 1 unspecified atom stereocenters. The Morgan fingerprint density at radius 2 is 2.13 bits per heavy atom. The first-order valence-electron chi connectivity index (χ1n) is 4.98. The minimum atomic E-state index is -1.06. The van der Waals surface area contributed by atoms with Crippen LogP contribution in [0.15, 0.2) is 12.3 Å². The van der Waals surface area contributed by atoms with Crippen LogP contribution in [-0.4, -0.2) is 19.1 Å². The lowest BCUT2D eigenvalue weighted by molar-refractivity contribution is 0.527. The van der Waals surface area contributed by atoms with Gasteiger partial charge < -0.3 is 4.55 Å². The number of hydrogen-bond acceptors (Lipinski definition) is 3. The first-order chi connectivity index (χ1) is 6.80. The molecular formula is C10H19N3OS. The zero-order valence-corrected chi connectivity index (χ0v) is 10.8. The number of rotatable bonds is 3. The number of aromatic nitrogens is 2. The lowest BCUT2D eigenvalue weighted by Gasteiger charge is -2.25. The fraction of sp³-hybridized carbons (Fsp3) is 0.700. The summed E-state index contributed by atoms with van der Waals surface area (Å²) in [6.45, 7) is 7.80. The van der Waals surface area contributed by atoms with Crippen LogP contribution in [0.5, 0.6) is 0 Å². The van der Waals surface area contributed by atoms with Crippen LogP contribution in [0.1, 0.15) is 39.4 Å². The molecular weight excluding hydrogens is 210 g/mol. The first-order valence-corrected chi connectivity index (χ1v) is 6.13. The molecule has 0 fully saturated rings. The summed E-state index contributed by atoms with van der Waals surface area (Å²) in [6, 6.07) is 1.93. The van der Waals surface area contributed by atoms with E-state index in [1.807, 2.05) is 47.0 Å². The smallest absolute Gasteiger partial charge is 0.136 e. The second-order valence-corrected chi connectivity index (χ2v) is 6.63. The minimum absolute atomic E-state index is 0.00579. The Kier molecular flexibility index (Phi) is 3.81. The Hall–Kier alpha value is -0.520. The van der Waals surface area contributed by atoms with E-state index in [4.69, 9.17) is 0 Å². The summed E-state index contributed by atoms with van der Waals surface area (Å²) in [6.07, 6.45) is 1.88. The van der Waals surface area contributed by atoms with Crippen LogP contribution < -0.4 is 4.72 Å². The predicted octanol–water partition coefficient (Wildman–Crippen LogP) is 1.53. The molecule has 0 spiro atoms. The molecule has 0 amide bonds. The third kappa shape index (κ3) is 3.52. The third-order valence-corrected chi connectivity index (χ3v) is 3.70. The molecule has 0 aliphatic rings. The molecule has 0 aliphatic carbocycles. The van der Waals surface area contributed by atoms with E-state index >= 15 is 0 Å². The van der Waals surface area contributed by atoms with E-state index in [1.165, 1.54) is 0 Å². The van der Waals surface area contributed by atoms with Gasteiger partial charge in [0.05, 0.1) is 11.7 Å². The van der Waals surface area contributed by atoms with Gasteiger partial charge in [0, 0.05) is 24.6 Å². The van der Waals surface area contributed by atoms with Crippen LogP contribution in [0.2, 0.25) is 0 Å². The maximum atomic E-state index is 11.8. The van der Waals surface area contributed by atoms with Crippen LogP contribution in [0.3, 0.4) is 0 Å². The van der Waals surface area contributed by atoms with Crippen molar-refractivity contribution in [2.24, 2.45) is 7.05 Å². The molecule has 86 valence electrons. The molecule has 0 radical (unpaired) electrons. The second kappa shape index (κ2) is 4.55. The Bertz CT molecular complexity index is 319. The number of aryl methyl sites for hydroxylation is 1. The molecule has 1 aromatic rings. The van der Waals surface area contributed by atoms with Crippen LogP contribution >= 0.6 is 0 Å². The Morgan fingerprint density at radius 1 is 1.53 bits per heavy atom. The first kappa shape index (κ1) is 12.5. The molecule has 1 heterocycles. The summed E-state index contributed by atoms with van der Waals surface area (Å²) in [5.41, 5.74) is 0.912. The predicted molar refractivity (Wildman–Crippen MR) is 62.7 cm³/mol. The van der Waals surface area contributed by atoms with E-state index in [0.717, 1.165) is 5.69 Å². The number of nitrogens with zero attached hydrogens (tertiary/aromatic N) is 2. The van der Waals surface area contributed by atoms with Crippen molar-refractivity contribution < 1.29 is 4.55 Å². The van der Waals surface area contributed by atoms with Crippen LogP contribution in [0.25, 0.3) is 0 Å². The molecule has 1 aromatic heterocycles. The topological polar surface area (TPSA) is 52.9 Å². The molecule has 15 heavy (non-hydrogen) atoms. The van der Waals surface area contributed by atoms with Gasteiger partial charge in [0.25, 0.3) is 0 Å². The summed E-state index contributed by atoms with van der Waals surface area (Å²) >= 11 is -1.06. The van der Waals surface area contributed by atoms with Crippen LogP contribution in [0.4, 0.5) is 0 Å². The van der Waals surface area contributed by atoms with Crippen molar-refractivity contribution in [3.8, 4) is 0 Å². The van der Waals surface area contributed by atoms with Gasteiger partial charge in [-0.2, -0.15) is 5.10 Å². The van der Waals surface area contributed by atoms with E-state index < -0.39 is 11.4 Å². The molecule has 0 aliphatic heterocycles. The normalized spacial score (nSPS) is 16.4. The zero-order chi connectivity index (χ0) is 11.6. The summed E-state index contributed by atoms with van der Waals surface area (Å²) in [4.78, 5) is 0. The highest BCUT2D eigenvalue weighted by atomic mass is 32.2. The van der Waals surface area contributed by atoms with Crippen LogP contribution in [-0.2, 0) is 18.4 Å². The lowest BCUT2D eigenvalue weighted by atomic mass is 10.3. The molecule has 1 rings (SSSR count). The van der Waals surface area contributed by atoms with Crippen molar-refractivity contribution in [2.45, 2.75) is 38.5 Å². The van der Waals surface area contributed by atoms with Gasteiger partial charge in [-0.25, -0.2) is 0 Å². The maximum absolute atomic E-state index is 11.8. The largest absolute Gasteiger partial charge is 0.598 e. The molecule has 4 nitrogen and oxygen atoms in total. The monoisotopic (exact) mass is 229 g/mol. The average molecular weight is 229 g/mol. The minimum Gasteiger partial charge on any atom is -0.598 e. The fourth-order valence-corrected chi connectivity index (χ4v) is 1.86. The highest BCUT2D eigenvalue weighted by Crippen LogP contribution is 2.18. The van der Waals surface area contributed by atoms with E-state index in [2.05, 4.69) is 9.82 Å². The fourth-order valence-electron chi connectivity index (χ4n) is 1.06. The van der Waals surface area contributed by atoms with Gasteiger partial charge in [-0.3, -0.25) is 4.68 Å². The Labute approximate surface area is 94.4 Å². The Morgan fingerprint density at radius 3 is 2.53 bits per heavy atom. The van der Waals surface area contributed by atoms with Gasteiger partial charge in [0.15, 0.2) is 0 Å². The van der Waals surface area contributed by atoms with Crippen molar-refractivity contribution in [2.75, 3.05) is 0 Å². The highest BCUT2D eigenvalue weighted by molar-refractivity contribution is 7.90. The number of hydrogen-bond donors (Lipinski definition) is 1. The van der Waals surface area contributed by atoms with E-state index in [9.17, 15) is 4.55 Å². The van der Waals surface area contributed by atoms with Gasteiger partial charge in [0.1, 0.15) is 4.75 Å². The van der Waals surface area contributed by atoms with Gasteiger partial charge in [-0.15, -0.1) is 4.72 Å². The van der Waals surface area contributed by atoms with Crippen molar-refractivity contribution in [1.29, 1.82) is 0 Å². The summed E-state index contributed by atoms with van der Waals surface area (Å²) in [5, 5.41) is 4.27. The standard InChI is InChI=1S/C10H19N3OS/c1-8(9-6-7-13(5)11-9)12-15(14)10(2,3)4/h6-8,12H,1-5H3/t8-,15?/m1/s1. The zero-order valence-electron chi connectivity index (χ0n) is 9.94. The van der Waals surface area contributed by atoms with Gasteiger partial charge in [0.2, 0.25) is 0 Å². The molecule has 5 heteroatoms. The highest BCUT2D eigenvalue weighted by Gasteiger charge is 2.28. The van der Waals surface area contributed by atoms with Crippen molar-refractivity contribution in [1.82, 2.24) is 14.5 Å². The van der Waals surface area contributed by atoms with Crippen LogP contribution in [0, 0.1) is 0 Å². The molecule has 0 saturated carbocycles. The molecule has 0 aromatic carbocycles. The molecule has 1 N–H and O–H groups in total. The second-order valence-electron chi connectivity index (χ2n) is 4.63. The average Bonchev–Trinajstić information content (AvgIpc) is 2.50. The quantitative estimate of drug-likeness (QED) is 0.800. The van der Waals surface area contributed by atoms with E-state index in [-0.39, 0.29) is 10.8 Å². The number of nitrogens with one attached hydrogen (secondary N) is 1. The summed E-state index contributed by atoms with van der Waals surface area (Å²) in [7, 11) is 1.87. The molecule has 2 atom stereocenters. The maximum Gasteiger partial charge on any atom is 0.136 e. The van der Waals surface area contributed by atoms with Gasteiger partial charge in [-0.05, 0) is 33.8 Å². The molecule has 0 saturated heterocycles.